The molecule has 1 aromatic carbocycles. The molecule has 1 saturated heterocycles. The molecule has 0 radical (unpaired) electrons. The van der Waals surface area contributed by atoms with E-state index in [-0.39, 0.29) is 30.9 Å². The van der Waals surface area contributed by atoms with E-state index in [1.807, 2.05) is 18.2 Å². The van der Waals surface area contributed by atoms with E-state index < -0.39 is 0 Å². The fraction of sp³-hybridized carbons (Fsp3) is 0.524. The second-order valence-electron chi connectivity index (χ2n) is 7.12. The van der Waals surface area contributed by atoms with Crippen LogP contribution in [-0.4, -0.2) is 60.5 Å². The third-order valence-electron chi connectivity index (χ3n) is 5.08. The highest BCUT2D eigenvalue weighted by Crippen LogP contribution is 2.20. The Balaban J connectivity index is 1.39. The number of aliphatic hydroxyl groups is 1. The second kappa shape index (κ2) is 10.8. The number of amides is 1. The minimum absolute atomic E-state index is 0.172. The third kappa shape index (κ3) is 6.20. The van der Waals surface area contributed by atoms with Gasteiger partial charge in [-0.25, -0.2) is 0 Å². The van der Waals surface area contributed by atoms with Crippen molar-refractivity contribution in [2.24, 2.45) is 0 Å². The highest BCUT2D eigenvalue weighted by molar-refractivity contribution is 5.92. The lowest BCUT2D eigenvalue weighted by Gasteiger charge is -2.34. The summed E-state index contributed by atoms with van der Waals surface area (Å²) in [5.41, 5.74) is 0.237. The van der Waals surface area contributed by atoms with E-state index in [4.69, 9.17) is 14.0 Å². The van der Waals surface area contributed by atoms with Crippen molar-refractivity contribution in [3.63, 3.8) is 0 Å². The number of nitrogens with one attached hydrogen (secondary N) is 1. The molecule has 8 heteroatoms. The number of carbonyl (C=O) groups is 1. The first kappa shape index (κ1) is 21.1. The number of methoxy groups -OCH3 is 1. The average Bonchev–Trinajstić information content (AvgIpc) is 3.25. The summed E-state index contributed by atoms with van der Waals surface area (Å²) in [6.07, 6.45) is 4.21. The summed E-state index contributed by atoms with van der Waals surface area (Å²) in [6.45, 7) is 2.80. The summed E-state index contributed by atoms with van der Waals surface area (Å²) >= 11 is 0. The van der Waals surface area contributed by atoms with Gasteiger partial charge in [-0.15, -0.1) is 0 Å². The largest absolute Gasteiger partial charge is 0.497 e. The molecule has 1 aliphatic rings. The Bertz CT molecular complexity index is 779. The molecule has 8 nitrogen and oxygen atoms in total. The van der Waals surface area contributed by atoms with Crippen molar-refractivity contribution in [1.29, 1.82) is 0 Å². The number of rotatable bonds is 10. The number of ether oxygens (including phenoxy) is 2. The highest BCUT2D eigenvalue weighted by Gasteiger charge is 2.21. The average molecular weight is 403 g/mol. The van der Waals surface area contributed by atoms with E-state index in [2.05, 4.69) is 15.4 Å². The molecule has 2 aromatic rings. The summed E-state index contributed by atoms with van der Waals surface area (Å²) in [6, 6.07) is 9.09. The molecule has 1 amide bonds. The molecule has 1 fully saturated rings. The zero-order valence-corrected chi connectivity index (χ0v) is 16.8. The molecular weight excluding hydrogens is 374 g/mol. The molecule has 1 aromatic heterocycles. The number of aliphatic hydroxyl groups excluding tert-OH is 1. The number of carbonyl (C=O) groups excluding carboxylic acids is 1. The van der Waals surface area contributed by atoms with E-state index in [0.717, 1.165) is 25.9 Å². The Morgan fingerprint density at radius 3 is 3.03 bits per heavy atom. The van der Waals surface area contributed by atoms with Gasteiger partial charge in [-0.05, 0) is 37.9 Å². The molecule has 0 bridgehead atoms. The summed E-state index contributed by atoms with van der Waals surface area (Å²) in [5.74, 6) is 1.55. The maximum atomic E-state index is 12.2. The van der Waals surface area contributed by atoms with Crippen LogP contribution in [0.5, 0.6) is 11.5 Å². The molecule has 158 valence electrons. The summed E-state index contributed by atoms with van der Waals surface area (Å²) in [4.78, 5) is 14.5. The number of hydrogen-bond acceptors (Lipinski definition) is 7. The van der Waals surface area contributed by atoms with E-state index >= 15 is 0 Å². The first-order valence-electron chi connectivity index (χ1n) is 10.0. The Labute approximate surface area is 170 Å². The Kier molecular flexibility index (Phi) is 7.89. The van der Waals surface area contributed by atoms with Crippen LogP contribution < -0.4 is 14.8 Å². The van der Waals surface area contributed by atoms with Crippen LogP contribution in [0.4, 0.5) is 0 Å². The quantitative estimate of drug-likeness (QED) is 0.587. The zero-order chi connectivity index (χ0) is 20.5. The molecule has 1 aliphatic heterocycles. The molecule has 0 aliphatic carbocycles. The molecule has 29 heavy (non-hydrogen) atoms. The van der Waals surface area contributed by atoms with Crippen molar-refractivity contribution in [3.8, 4) is 11.5 Å². The first-order chi connectivity index (χ1) is 14.2. The molecule has 0 saturated carbocycles. The van der Waals surface area contributed by atoms with Crippen LogP contribution in [0.2, 0.25) is 0 Å². The Hall–Kier alpha value is -2.58. The van der Waals surface area contributed by atoms with Crippen molar-refractivity contribution in [3.05, 3.63) is 41.8 Å². The van der Waals surface area contributed by atoms with E-state index in [1.54, 1.807) is 19.2 Å². The van der Waals surface area contributed by atoms with Gasteiger partial charge < -0.3 is 24.4 Å². The van der Waals surface area contributed by atoms with Crippen LogP contribution in [0.1, 0.15) is 41.9 Å². The Morgan fingerprint density at radius 1 is 1.34 bits per heavy atom. The fourth-order valence-electron chi connectivity index (χ4n) is 3.47. The van der Waals surface area contributed by atoms with Crippen LogP contribution in [0.3, 0.4) is 0 Å². The molecule has 0 unspecified atom stereocenters. The van der Waals surface area contributed by atoms with Gasteiger partial charge in [-0.3, -0.25) is 9.69 Å². The van der Waals surface area contributed by atoms with Gasteiger partial charge in [-0.2, -0.15) is 0 Å². The minimum atomic E-state index is -0.265. The molecule has 2 N–H and O–H groups in total. The van der Waals surface area contributed by atoms with Crippen molar-refractivity contribution >= 4 is 5.91 Å². The normalized spacial score (nSPS) is 17.1. The maximum absolute atomic E-state index is 12.2. The van der Waals surface area contributed by atoms with Gasteiger partial charge in [0.05, 0.1) is 13.7 Å². The second-order valence-corrected chi connectivity index (χ2v) is 7.12. The summed E-state index contributed by atoms with van der Waals surface area (Å²) < 4.78 is 16.0. The van der Waals surface area contributed by atoms with Crippen LogP contribution in [0, 0.1) is 0 Å². The molecular formula is C21H29N3O5. The predicted octanol–water partition coefficient (Wildman–Crippen LogP) is 2.23. The number of hydrogen-bond donors (Lipinski definition) is 2. The van der Waals surface area contributed by atoms with E-state index in [1.165, 1.54) is 12.8 Å². The van der Waals surface area contributed by atoms with Crippen LogP contribution >= 0.6 is 0 Å². The van der Waals surface area contributed by atoms with Crippen LogP contribution in [0.15, 0.2) is 34.9 Å². The van der Waals surface area contributed by atoms with Crippen LogP contribution in [0.25, 0.3) is 0 Å². The van der Waals surface area contributed by atoms with Gasteiger partial charge >= 0.3 is 0 Å². The van der Waals surface area contributed by atoms with E-state index in [0.29, 0.717) is 23.8 Å². The van der Waals surface area contributed by atoms with Gasteiger partial charge in [0.15, 0.2) is 11.5 Å². The topological polar surface area (TPSA) is 97.1 Å². The summed E-state index contributed by atoms with van der Waals surface area (Å²) in [5, 5.41) is 16.1. The zero-order valence-electron chi connectivity index (χ0n) is 16.8. The number of nitrogens with zero attached hydrogens (tertiary/aromatic N) is 2. The van der Waals surface area contributed by atoms with Crippen molar-refractivity contribution in [2.75, 3.05) is 33.4 Å². The maximum Gasteiger partial charge on any atom is 0.273 e. The number of aromatic nitrogens is 1. The first-order valence-corrected chi connectivity index (χ1v) is 10.0. The predicted molar refractivity (Wildman–Crippen MR) is 107 cm³/mol. The standard InChI is InChI=1S/C21H29N3O5/c1-27-17-7-4-8-18(12-17)28-15-19-13-20(23-29-19)21(26)22-9-5-11-24-10-3-2-6-16(24)14-25/h4,7-8,12-13,16,25H,2-3,5-6,9-11,14-15H2,1H3,(H,22,26)/t16-/m1/s1. The monoisotopic (exact) mass is 403 g/mol. The highest BCUT2D eigenvalue weighted by atomic mass is 16.5. The number of benzene rings is 1. The number of likely N-dealkylation sites (tertiary alicyclic amines) is 1. The van der Waals surface area contributed by atoms with Gasteiger partial charge in [0.25, 0.3) is 5.91 Å². The molecule has 1 atom stereocenters. The Morgan fingerprint density at radius 2 is 2.21 bits per heavy atom. The third-order valence-corrected chi connectivity index (χ3v) is 5.08. The molecule has 2 heterocycles. The number of piperidine rings is 1. The van der Waals surface area contributed by atoms with E-state index in [9.17, 15) is 9.90 Å². The van der Waals surface area contributed by atoms with Crippen LogP contribution in [-0.2, 0) is 6.61 Å². The fourth-order valence-corrected chi connectivity index (χ4v) is 3.47. The van der Waals surface area contributed by atoms with Crippen molar-refractivity contribution in [2.45, 2.75) is 38.3 Å². The van der Waals surface area contributed by atoms with Gasteiger partial charge in [0, 0.05) is 31.3 Å². The molecule has 3 rings (SSSR count). The minimum Gasteiger partial charge on any atom is -0.497 e. The van der Waals surface area contributed by atoms with Gasteiger partial charge in [0.2, 0.25) is 0 Å². The lowest BCUT2D eigenvalue weighted by molar-refractivity contribution is 0.0865. The SMILES string of the molecule is COc1cccc(OCc2cc(C(=O)NCCCN3CCCC[C@@H]3CO)no2)c1. The summed E-state index contributed by atoms with van der Waals surface area (Å²) in [7, 11) is 1.60. The van der Waals surface area contributed by atoms with Crippen molar-refractivity contribution < 1.29 is 23.9 Å². The van der Waals surface area contributed by atoms with Crippen molar-refractivity contribution in [1.82, 2.24) is 15.4 Å². The lowest BCUT2D eigenvalue weighted by atomic mass is 10.0. The van der Waals surface area contributed by atoms with Gasteiger partial charge in [-0.1, -0.05) is 17.6 Å². The smallest absolute Gasteiger partial charge is 0.273 e. The molecule has 0 spiro atoms. The van der Waals surface area contributed by atoms with Gasteiger partial charge in [0.1, 0.15) is 18.1 Å². The lowest BCUT2D eigenvalue weighted by Crippen LogP contribution is -2.43.